The average molecular weight is 172 g/mol. The lowest BCUT2D eigenvalue weighted by Crippen LogP contribution is -2.33. The summed E-state index contributed by atoms with van der Waals surface area (Å²) in [6, 6.07) is 0.309. The highest BCUT2D eigenvalue weighted by atomic mass is 16.4. The molecule has 0 radical (unpaired) electrons. The SMILES string of the molecule is CC(N)[C@@H]1CC[C@H](NC(=O)O)C1. The molecule has 12 heavy (non-hydrogen) atoms. The molecule has 0 aromatic rings. The zero-order valence-electron chi connectivity index (χ0n) is 7.29. The Bertz CT molecular complexity index is 170. The fourth-order valence-corrected chi connectivity index (χ4v) is 1.80. The number of amides is 1. The van der Waals surface area contributed by atoms with Crippen LogP contribution < -0.4 is 11.1 Å². The fraction of sp³-hybridized carbons (Fsp3) is 0.875. The van der Waals surface area contributed by atoms with Gasteiger partial charge in [0.25, 0.3) is 0 Å². The number of nitrogens with one attached hydrogen (secondary N) is 1. The van der Waals surface area contributed by atoms with Gasteiger partial charge in [0.1, 0.15) is 0 Å². The zero-order chi connectivity index (χ0) is 9.14. The molecule has 1 unspecified atom stereocenters. The van der Waals surface area contributed by atoms with E-state index >= 15 is 0 Å². The number of rotatable bonds is 2. The minimum Gasteiger partial charge on any atom is -0.465 e. The second-order valence-corrected chi connectivity index (χ2v) is 3.58. The molecule has 1 rings (SSSR count). The summed E-state index contributed by atoms with van der Waals surface area (Å²) < 4.78 is 0. The Hall–Kier alpha value is -0.770. The van der Waals surface area contributed by atoms with Crippen molar-refractivity contribution in [1.82, 2.24) is 5.32 Å². The van der Waals surface area contributed by atoms with Crippen LogP contribution in [-0.2, 0) is 0 Å². The molecule has 1 fully saturated rings. The van der Waals surface area contributed by atoms with Gasteiger partial charge in [0.05, 0.1) is 0 Å². The Morgan fingerprint density at radius 3 is 2.75 bits per heavy atom. The van der Waals surface area contributed by atoms with Crippen LogP contribution in [0.4, 0.5) is 4.79 Å². The van der Waals surface area contributed by atoms with Crippen LogP contribution in [0.25, 0.3) is 0 Å². The Labute approximate surface area is 72.1 Å². The summed E-state index contributed by atoms with van der Waals surface area (Å²) in [4.78, 5) is 10.3. The third-order valence-electron chi connectivity index (χ3n) is 2.54. The van der Waals surface area contributed by atoms with Crippen molar-refractivity contribution in [3.8, 4) is 0 Å². The maximum absolute atomic E-state index is 10.3. The van der Waals surface area contributed by atoms with Gasteiger partial charge in [-0.15, -0.1) is 0 Å². The Morgan fingerprint density at radius 2 is 2.33 bits per heavy atom. The molecular weight excluding hydrogens is 156 g/mol. The predicted octanol–water partition coefficient (Wildman–Crippen LogP) is 0.770. The number of carboxylic acid groups (broad SMARTS) is 1. The number of nitrogens with two attached hydrogens (primary N) is 1. The standard InChI is InChI=1S/C8H16N2O2/c1-5(9)6-2-3-7(4-6)10-8(11)12/h5-7,10H,2-4,9H2,1H3,(H,11,12)/t5?,6-,7+/m1/s1. The molecule has 1 aliphatic carbocycles. The summed E-state index contributed by atoms with van der Waals surface area (Å²) >= 11 is 0. The van der Waals surface area contributed by atoms with Crippen molar-refractivity contribution in [3.05, 3.63) is 0 Å². The van der Waals surface area contributed by atoms with Gasteiger partial charge in [-0.25, -0.2) is 4.79 Å². The lowest BCUT2D eigenvalue weighted by atomic mass is 10.0. The molecule has 0 bridgehead atoms. The molecule has 0 spiro atoms. The zero-order valence-corrected chi connectivity index (χ0v) is 7.29. The van der Waals surface area contributed by atoms with E-state index in [1.165, 1.54) is 0 Å². The van der Waals surface area contributed by atoms with Crippen molar-refractivity contribution in [2.45, 2.75) is 38.3 Å². The van der Waals surface area contributed by atoms with Crippen molar-refractivity contribution >= 4 is 6.09 Å². The molecule has 1 aliphatic rings. The minimum atomic E-state index is -0.926. The van der Waals surface area contributed by atoms with Crippen LogP contribution in [0.15, 0.2) is 0 Å². The maximum atomic E-state index is 10.3. The van der Waals surface area contributed by atoms with Crippen molar-refractivity contribution < 1.29 is 9.90 Å². The third kappa shape index (κ3) is 2.37. The van der Waals surface area contributed by atoms with Gasteiger partial charge in [0.2, 0.25) is 0 Å². The third-order valence-corrected chi connectivity index (χ3v) is 2.54. The number of carbonyl (C=O) groups is 1. The van der Waals surface area contributed by atoms with Gasteiger partial charge in [-0.2, -0.15) is 0 Å². The minimum absolute atomic E-state index is 0.124. The summed E-state index contributed by atoms with van der Waals surface area (Å²) in [6.45, 7) is 1.98. The Balaban J connectivity index is 2.30. The van der Waals surface area contributed by atoms with Gasteiger partial charge >= 0.3 is 6.09 Å². The first-order valence-electron chi connectivity index (χ1n) is 4.34. The van der Waals surface area contributed by atoms with Crippen LogP contribution in [-0.4, -0.2) is 23.3 Å². The molecule has 3 atom stereocenters. The van der Waals surface area contributed by atoms with E-state index in [-0.39, 0.29) is 12.1 Å². The largest absolute Gasteiger partial charge is 0.465 e. The van der Waals surface area contributed by atoms with Crippen molar-refractivity contribution in [1.29, 1.82) is 0 Å². The highest BCUT2D eigenvalue weighted by molar-refractivity contribution is 5.64. The van der Waals surface area contributed by atoms with Gasteiger partial charge in [0.15, 0.2) is 0 Å². The molecule has 4 heteroatoms. The summed E-state index contributed by atoms with van der Waals surface area (Å²) in [7, 11) is 0. The Morgan fingerprint density at radius 1 is 1.67 bits per heavy atom. The topological polar surface area (TPSA) is 75.3 Å². The van der Waals surface area contributed by atoms with Crippen molar-refractivity contribution in [3.63, 3.8) is 0 Å². The first-order valence-corrected chi connectivity index (χ1v) is 4.34. The van der Waals surface area contributed by atoms with E-state index in [4.69, 9.17) is 10.8 Å². The smallest absolute Gasteiger partial charge is 0.404 e. The summed E-state index contributed by atoms with van der Waals surface area (Å²) in [6.07, 6.45) is 1.94. The number of hydrogen-bond acceptors (Lipinski definition) is 2. The van der Waals surface area contributed by atoms with Gasteiger partial charge < -0.3 is 16.2 Å². The van der Waals surface area contributed by atoms with Crippen molar-refractivity contribution in [2.24, 2.45) is 11.7 Å². The van der Waals surface area contributed by atoms with Gasteiger partial charge in [-0.1, -0.05) is 0 Å². The van der Waals surface area contributed by atoms with E-state index in [1.807, 2.05) is 6.92 Å². The molecule has 0 aromatic heterocycles. The van der Waals surface area contributed by atoms with Gasteiger partial charge in [-0.05, 0) is 32.1 Å². The second kappa shape index (κ2) is 3.76. The quantitative estimate of drug-likeness (QED) is 0.576. The molecule has 70 valence electrons. The normalized spacial score (nSPS) is 31.5. The summed E-state index contributed by atoms with van der Waals surface area (Å²) in [5.74, 6) is 0.488. The first-order chi connectivity index (χ1) is 5.59. The van der Waals surface area contributed by atoms with Gasteiger partial charge in [-0.3, -0.25) is 0 Å². The van der Waals surface area contributed by atoms with Crippen LogP contribution >= 0.6 is 0 Å². The maximum Gasteiger partial charge on any atom is 0.404 e. The molecule has 4 nitrogen and oxygen atoms in total. The van der Waals surface area contributed by atoms with Gasteiger partial charge in [0, 0.05) is 12.1 Å². The van der Waals surface area contributed by atoms with Crippen LogP contribution in [0.1, 0.15) is 26.2 Å². The first kappa shape index (κ1) is 9.32. The summed E-state index contributed by atoms with van der Waals surface area (Å²) in [5, 5.41) is 10.9. The van der Waals surface area contributed by atoms with E-state index in [1.54, 1.807) is 0 Å². The van der Waals surface area contributed by atoms with Crippen LogP contribution in [0.2, 0.25) is 0 Å². The van der Waals surface area contributed by atoms with E-state index in [9.17, 15) is 4.79 Å². The highest BCUT2D eigenvalue weighted by Gasteiger charge is 2.27. The molecule has 1 amide bonds. The molecule has 0 aromatic carbocycles. The predicted molar refractivity (Wildman–Crippen MR) is 45.9 cm³/mol. The second-order valence-electron chi connectivity index (χ2n) is 3.58. The average Bonchev–Trinajstić information content (AvgIpc) is 2.34. The lowest BCUT2D eigenvalue weighted by Gasteiger charge is -2.14. The van der Waals surface area contributed by atoms with Crippen LogP contribution in [0, 0.1) is 5.92 Å². The van der Waals surface area contributed by atoms with Crippen molar-refractivity contribution in [2.75, 3.05) is 0 Å². The molecule has 0 heterocycles. The lowest BCUT2D eigenvalue weighted by molar-refractivity contribution is 0.189. The highest BCUT2D eigenvalue weighted by Crippen LogP contribution is 2.27. The van der Waals surface area contributed by atoms with E-state index in [0.29, 0.717) is 5.92 Å². The molecule has 1 saturated carbocycles. The van der Waals surface area contributed by atoms with E-state index in [0.717, 1.165) is 19.3 Å². The van der Waals surface area contributed by atoms with Crippen LogP contribution in [0.3, 0.4) is 0 Å². The summed E-state index contributed by atoms with van der Waals surface area (Å²) in [5.41, 5.74) is 5.72. The number of hydrogen-bond donors (Lipinski definition) is 3. The fourth-order valence-electron chi connectivity index (χ4n) is 1.80. The molecule has 0 saturated heterocycles. The molecule has 4 N–H and O–H groups in total. The molecule has 0 aliphatic heterocycles. The van der Waals surface area contributed by atoms with E-state index < -0.39 is 6.09 Å². The van der Waals surface area contributed by atoms with Crippen LogP contribution in [0.5, 0.6) is 0 Å². The molecular formula is C8H16N2O2. The Kier molecular flexibility index (Phi) is 2.92. The van der Waals surface area contributed by atoms with E-state index in [2.05, 4.69) is 5.32 Å². The monoisotopic (exact) mass is 172 g/mol.